The van der Waals surface area contributed by atoms with E-state index in [1.165, 1.54) is 0 Å². The normalized spacial score (nSPS) is 22.1. The molecule has 5 nitrogen and oxygen atoms in total. The average molecular weight is 365 g/mol. The van der Waals surface area contributed by atoms with E-state index in [0.29, 0.717) is 18.8 Å². The van der Waals surface area contributed by atoms with Gasteiger partial charge in [-0.2, -0.15) is 0 Å². The lowest BCUT2D eigenvalue weighted by molar-refractivity contribution is -0.528. The smallest absolute Gasteiger partial charge is 0.224 e. The van der Waals surface area contributed by atoms with Crippen LogP contribution >= 0.6 is 0 Å². The maximum atomic E-state index is 11.7. The Morgan fingerprint density at radius 3 is 2.48 bits per heavy atom. The molecule has 0 radical (unpaired) electrons. The van der Waals surface area contributed by atoms with Crippen molar-refractivity contribution in [2.24, 2.45) is 5.92 Å². The van der Waals surface area contributed by atoms with Crippen LogP contribution in [0.15, 0.2) is 66.2 Å². The fraction of sp³-hybridized carbons (Fsp3) is 0.318. The second-order valence-electron chi connectivity index (χ2n) is 7.02. The van der Waals surface area contributed by atoms with Crippen LogP contribution in [-0.4, -0.2) is 23.9 Å². The van der Waals surface area contributed by atoms with Crippen LogP contribution in [0.4, 0.5) is 0 Å². The van der Waals surface area contributed by atoms with Crippen molar-refractivity contribution >= 4 is 6.29 Å². The van der Waals surface area contributed by atoms with Crippen molar-refractivity contribution in [3.63, 3.8) is 0 Å². The van der Waals surface area contributed by atoms with E-state index in [1.807, 2.05) is 67.6 Å². The van der Waals surface area contributed by atoms with Crippen LogP contribution in [0.5, 0.6) is 0 Å². The number of carbonyl (C=O) groups is 1. The van der Waals surface area contributed by atoms with Gasteiger partial charge in [0.2, 0.25) is 6.04 Å². The number of hydrogen-bond acceptors (Lipinski definition) is 4. The summed E-state index contributed by atoms with van der Waals surface area (Å²) in [6.07, 6.45) is 2.73. The first kappa shape index (κ1) is 19.0. The van der Waals surface area contributed by atoms with Crippen LogP contribution in [0.25, 0.3) is 0 Å². The average Bonchev–Trinajstić information content (AvgIpc) is 2.69. The molecule has 0 N–H and O–H groups in total. The quantitative estimate of drug-likeness (QED) is 0.421. The lowest BCUT2D eigenvalue weighted by atomic mass is 9.74. The van der Waals surface area contributed by atoms with Gasteiger partial charge in [-0.05, 0) is 23.6 Å². The van der Waals surface area contributed by atoms with Crippen molar-refractivity contribution in [3.05, 3.63) is 93.1 Å². The Labute approximate surface area is 158 Å². The highest BCUT2D eigenvalue weighted by molar-refractivity contribution is 5.74. The van der Waals surface area contributed by atoms with Crippen molar-refractivity contribution in [3.8, 4) is 0 Å². The summed E-state index contributed by atoms with van der Waals surface area (Å²) in [6, 6.07) is 16.8. The van der Waals surface area contributed by atoms with Gasteiger partial charge in [0.15, 0.2) is 0 Å². The van der Waals surface area contributed by atoms with Gasteiger partial charge in [-0.3, -0.25) is 14.9 Å². The molecule has 0 amide bonds. The number of rotatable bonds is 7. The second-order valence-corrected chi connectivity index (χ2v) is 7.02. The Balaban J connectivity index is 1.84. The SMILES string of the molecule is Cc1ccc([C@@H]2[C@@H](COCc3ccccc3)C=C(C=O)C[C@@H]2[N+](=O)[O-])cc1. The van der Waals surface area contributed by atoms with E-state index >= 15 is 0 Å². The van der Waals surface area contributed by atoms with Crippen molar-refractivity contribution < 1.29 is 14.5 Å². The molecule has 3 rings (SSSR count). The summed E-state index contributed by atoms with van der Waals surface area (Å²) >= 11 is 0. The standard InChI is InChI=1S/C22H23NO4/c1-16-7-9-19(10-8-16)22-20(11-18(13-24)12-21(22)23(25)26)15-27-14-17-5-3-2-4-6-17/h2-11,13,20-22H,12,14-15H2,1H3/t20-,21+,22-/m1/s1. The Bertz CT molecular complexity index is 814. The molecule has 27 heavy (non-hydrogen) atoms. The van der Waals surface area contributed by atoms with E-state index in [0.717, 1.165) is 23.0 Å². The minimum atomic E-state index is -0.830. The Morgan fingerprint density at radius 2 is 1.85 bits per heavy atom. The van der Waals surface area contributed by atoms with Gasteiger partial charge in [0.25, 0.3) is 0 Å². The van der Waals surface area contributed by atoms with E-state index in [9.17, 15) is 14.9 Å². The zero-order valence-corrected chi connectivity index (χ0v) is 15.3. The number of nitro groups is 1. The maximum Gasteiger partial charge on any atom is 0.224 e. The van der Waals surface area contributed by atoms with E-state index in [1.54, 1.807) is 0 Å². The van der Waals surface area contributed by atoms with E-state index in [-0.39, 0.29) is 23.2 Å². The van der Waals surface area contributed by atoms with Crippen LogP contribution in [0.2, 0.25) is 0 Å². The zero-order valence-electron chi connectivity index (χ0n) is 15.3. The minimum Gasteiger partial charge on any atom is -0.376 e. The molecule has 140 valence electrons. The molecule has 3 atom stereocenters. The van der Waals surface area contributed by atoms with E-state index in [2.05, 4.69) is 0 Å². The van der Waals surface area contributed by atoms with Crippen LogP contribution in [0, 0.1) is 23.0 Å². The zero-order chi connectivity index (χ0) is 19.2. The Hall–Kier alpha value is -2.79. The summed E-state index contributed by atoms with van der Waals surface area (Å²) in [5.74, 6) is -0.541. The Kier molecular flexibility index (Phi) is 6.14. The van der Waals surface area contributed by atoms with Crippen LogP contribution in [-0.2, 0) is 16.1 Å². The summed E-state index contributed by atoms with van der Waals surface area (Å²) in [6.45, 7) is 2.75. The molecule has 0 fully saturated rings. The number of nitrogens with zero attached hydrogens (tertiary/aromatic N) is 1. The van der Waals surface area contributed by atoms with Gasteiger partial charge >= 0.3 is 0 Å². The summed E-state index contributed by atoms with van der Waals surface area (Å²) in [5, 5.41) is 11.7. The third-order valence-electron chi connectivity index (χ3n) is 5.06. The monoisotopic (exact) mass is 365 g/mol. The highest BCUT2D eigenvalue weighted by Gasteiger charge is 2.41. The van der Waals surface area contributed by atoms with Gasteiger partial charge in [0, 0.05) is 17.3 Å². The van der Waals surface area contributed by atoms with Gasteiger partial charge < -0.3 is 4.74 Å². The largest absolute Gasteiger partial charge is 0.376 e. The predicted octanol–water partition coefficient (Wildman–Crippen LogP) is 4.09. The fourth-order valence-electron chi connectivity index (χ4n) is 3.69. The molecule has 2 aromatic carbocycles. The van der Waals surface area contributed by atoms with Crippen molar-refractivity contribution in [1.29, 1.82) is 0 Å². The van der Waals surface area contributed by atoms with E-state index in [4.69, 9.17) is 4.74 Å². The van der Waals surface area contributed by atoms with Crippen molar-refractivity contribution in [2.45, 2.75) is 31.9 Å². The summed E-state index contributed by atoms with van der Waals surface area (Å²) in [5.41, 5.74) is 3.55. The molecule has 0 aliphatic heterocycles. The third-order valence-corrected chi connectivity index (χ3v) is 5.06. The predicted molar refractivity (Wildman–Crippen MR) is 103 cm³/mol. The number of carbonyl (C=O) groups excluding carboxylic acids is 1. The topological polar surface area (TPSA) is 69.4 Å². The highest BCUT2D eigenvalue weighted by Crippen LogP contribution is 2.38. The van der Waals surface area contributed by atoms with Crippen molar-refractivity contribution in [1.82, 2.24) is 0 Å². The molecular formula is C22H23NO4. The molecule has 0 aromatic heterocycles. The van der Waals surface area contributed by atoms with Crippen LogP contribution in [0.3, 0.4) is 0 Å². The molecule has 5 heteroatoms. The van der Waals surface area contributed by atoms with Crippen LogP contribution < -0.4 is 0 Å². The molecule has 0 unspecified atom stereocenters. The summed E-state index contributed by atoms with van der Waals surface area (Å²) in [4.78, 5) is 22.8. The number of benzene rings is 2. The Morgan fingerprint density at radius 1 is 1.15 bits per heavy atom. The summed E-state index contributed by atoms with van der Waals surface area (Å²) < 4.78 is 5.87. The van der Waals surface area contributed by atoms with Gasteiger partial charge in [0.1, 0.15) is 6.29 Å². The lowest BCUT2D eigenvalue weighted by Crippen LogP contribution is -2.37. The molecule has 0 bridgehead atoms. The minimum absolute atomic E-state index is 0.157. The molecule has 1 aliphatic rings. The molecule has 0 heterocycles. The molecule has 0 spiro atoms. The van der Waals surface area contributed by atoms with Gasteiger partial charge in [-0.15, -0.1) is 0 Å². The maximum absolute atomic E-state index is 11.7. The number of hydrogen-bond donors (Lipinski definition) is 0. The lowest BCUT2D eigenvalue weighted by Gasteiger charge is -2.31. The number of aryl methyl sites for hydroxylation is 1. The first-order valence-electron chi connectivity index (χ1n) is 9.06. The van der Waals surface area contributed by atoms with Gasteiger partial charge in [-0.1, -0.05) is 66.2 Å². The van der Waals surface area contributed by atoms with Crippen molar-refractivity contribution in [2.75, 3.05) is 6.61 Å². The van der Waals surface area contributed by atoms with Gasteiger partial charge in [-0.25, -0.2) is 0 Å². The first-order valence-corrected chi connectivity index (χ1v) is 9.06. The fourth-order valence-corrected chi connectivity index (χ4v) is 3.69. The molecule has 2 aromatic rings. The second kappa shape index (κ2) is 8.73. The molecule has 1 aliphatic carbocycles. The molecular weight excluding hydrogens is 342 g/mol. The number of aldehydes is 1. The highest BCUT2D eigenvalue weighted by atomic mass is 16.6. The third kappa shape index (κ3) is 4.68. The molecule has 0 saturated carbocycles. The summed E-state index contributed by atoms with van der Waals surface area (Å²) in [7, 11) is 0. The van der Waals surface area contributed by atoms with Gasteiger partial charge in [0.05, 0.1) is 19.1 Å². The van der Waals surface area contributed by atoms with Crippen LogP contribution in [0.1, 0.15) is 29.0 Å². The molecule has 0 saturated heterocycles. The number of ether oxygens (including phenoxy) is 1. The van der Waals surface area contributed by atoms with E-state index < -0.39 is 6.04 Å². The first-order chi connectivity index (χ1) is 13.1.